The summed E-state index contributed by atoms with van der Waals surface area (Å²) in [6, 6.07) is 12.3. The van der Waals surface area contributed by atoms with Gasteiger partial charge in [0.2, 0.25) is 0 Å². The summed E-state index contributed by atoms with van der Waals surface area (Å²) in [5.41, 5.74) is 1.50. The number of carboxylic acid groups (broad SMARTS) is 1. The zero-order chi connectivity index (χ0) is 22.7. The van der Waals surface area contributed by atoms with E-state index in [4.69, 9.17) is 33.0 Å². The number of carbonyl (C=O) groups is 1. The second-order valence-corrected chi connectivity index (χ2v) is 8.13. The van der Waals surface area contributed by atoms with E-state index < -0.39 is 17.7 Å². The van der Waals surface area contributed by atoms with E-state index in [1.54, 1.807) is 36.4 Å². The molecule has 0 spiro atoms. The highest BCUT2D eigenvalue weighted by Gasteiger charge is 2.10. The minimum Gasteiger partial charge on any atom is -0.595 e. The van der Waals surface area contributed by atoms with Crippen LogP contribution in [0.5, 0.6) is 0 Å². The standard InChI is InChI=1S/C14H11Cl2NO2.C8H17NO2/c15-10-5-3-6-11(16)14(10)17-12-7-2-1-4-9(12)8-13(18)19;1-5-6-9-7(10)11-8(2,3)4/h1-7,17H,8H2,(H,18,19);5-6H2,1-4H3,(H,9,10)/p-1. The van der Waals surface area contributed by atoms with Crippen molar-refractivity contribution in [3.8, 4) is 0 Å². The van der Waals surface area contributed by atoms with Crippen LogP contribution in [0.2, 0.25) is 10.0 Å². The van der Waals surface area contributed by atoms with E-state index in [-0.39, 0.29) is 6.42 Å². The van der Waals surface area contributed by atoms with Crippen LogP contribution in [0.15, 0.2) is 47.5 Å². The summed E-state index contributed by atoms with van der Waals surface area (Å²) in [7, 11) is 0. The number of aliphatic carboxylic acids is 1. The number of para-hydroxylation sites is 2. The Morgan fingerprint density at radius 3 is 2.27 bits per heavy atom. The molecular formula is C22H27Cl2N2O4-. The van der Waals surface area contributed by atoms with Gasteiger partial charge in [-0.3, -0.25) is 9.79 Å². The summed E-state index contributed by atoms with van der Waals surface area (Å²) in [5.74, 6) is -0.889. The van der Waals surface area contributed by atoms with Crippen molar-refractivity contribution >= 4 is 46.6 Å². The SMILES string of the molecule is CCCN=C([O-])OC(C)(C)C.O=C(O)Cc1ccccc1Nc1c(Cl)cccc1Cl. The molecule has 0 saturated carbocycles. The van der Waals surface area contributed by atoms with Gasteiger partial charge < -0.3 is 20.3 Å². The average molecular weight is 454 g/mol. The third kappa shape index (κ3) is 9.85. The first kappa shape index (κ1) is 25.6. The second-order valence-electron chi connectivity index (χ2n) is 7.31. The normalized spacial score (nSPS) is 11.3. The van der Waals surface area contributed by atoms with E-state index in [1.807, 2.05) is 33.8 Å². The molecule has 0 bridgehead atoms. The highest BCUT2D eigenvalue weighted by molar-refractivity contribution is 6.39. The summed E-state index contributed by atoms with van der Waals surface area (Å²) in [4.78, 5) is 14.5. The van der Waals surface area contributed by atoms with Crippen LogP contribution >= 0.6 is 23.2 Å². The van der Waals surface area contributed by atoms with Crippen LogP contribution in [0, 0.1) is 0 Å². The van der Waals surface area contributed by atoms with Gasteiger partial charge in [-0.15, -0.1) is 0 Å². The van der Waals surface area contributed by atoms with Crippen molar-refractivity contribution < 1.29 is 19.7 Å². The lowest BCUT2D eigenvalue weighted by molar-refractivity contribution is -0.260. The summed E-state index contributed by atoms with van der Waals surface area (Å²) in [6.07, 6.45) is 0.351. The number of nitrogens with zero attached hydrogens (tertiary/aromatic N) is 1. The molecule has 2 N–H and O–H groups in total. The fourth-order valence-electron chi connectivity index (χ4n) is 2.21. The Balaban J connectivity index is 0.000000352. The van der Waals surface area contributed by atoms with Gasteiger partial charge in [-0.2, -0.15) is 0 Å². The highest BCUT2D eigenvalue weighted by atomic mass is 35.5. The molecule has 0 unspecified atom stereocenters. The van der Waals surface area contributed by atoms with Crippen molar-refractivity contribution in [3.63, 3.8) is 0 Å². The number of nitrogens with one attached hydrogen (secondary N) is 1. The molecule has 164 valence electrons. The Bertz CT molecular complexity index is 844. The monoisotopic (exact) mass is 453 g/mol. The molecule has 0 saturated heterocycles. The number of hydrogen-bond acceptors (Lipinski definition) is 5. The third-order valence-corrected chi connectivity index (χ3v) is 4.07. The second kappa shape index (κ2) is 12.3. The first-order valence-corrected chi connectivity index (χ1v) is 10.2. The largest absolute Gasteiger partial charge is 0.595 e. The fourth-order valence-corrected chi connectivity index (χ4v) is 2.70. The van der Waals surface area contributed by atoms with Crippen LogP contribution < -0.4 is 10.4 Å². The zero-order valence-corrected chi connectivity index (χ0v) is 19.0. The minimum atomic E-state index is -0.889. The molecular weight excluding hydrogens is 427 g/mol. The highest BCUT2D eigenvalue weighted by Crippen LogP contribution is 2.33. The fraction of sp³-hybridized carbons (Fsp3) is 0.364. The smallest absolute Gasteiger partial charge is 0.307 e. The van der Waals surface area contributed by atoms with E-state index in [0.717, 1.165) is 6.42 Å². The molecule has 0 aromatic heterocycles. The Kier molecular flexibility index (Phi) is 10.5. The topological polar surface area (TPSA) is 94.0 Å². The lowest BCUT2D eigenvalue weighted by atomic mass is 10.1. The number of aliphatic imine (C=N–C) groups is 1. The minimum absolute atomic E-state index is 0.0642. The van der Waals surface area contributed by atoms with E-state index in [0.29, 0.717) is 33.5 Å². The number of ether oxygens (including phenoxy) is 1. The molecule has 2 aromatic carbocycles. The average Bonchev–Trinajstić information content (AvgIpc) is 2.63. The first-order chi connectivity index (χ1) is 14.0. The Morgan fingerprint density at radius 2 is 1.73 bits per heavy atom. The van der Waals surface area contributed by atoms with Crippen LogP contribution in [0.4, 0.5) is 11.4 Å². The van der Waals surface area contributed by atoms with Gasteiger partial charge in [0.25, 0.3) is 0 Å². The summed E-state index contributed by atoms with van der Waals surface area (Å²) < 4.78 is 4.93. The molecule has 0 amide bonds. The predicted octanol–water partition coefficient (Wildman–Crippen LogP) is 5.29. The van der Waals surface area contributed by atoms with Crippen LogP contribution in [0.3, 0.4) is 0 Å². The van der Waals surface area contributed by atoms with Gasteiger partial charge in [0.05, 0.1) is 22.2 Å². The molecule has 0 aliphatic rings. The van der Waals surface area contributed by atoms with Gasteiger partial charge >= 0.3 is 5.97 Å². The van der Waals surface area contributed by atoms with Gasteiger partial charge in [0.15, 0.2) is 0 Å². The van der Waals surface area contributed by atoms with Crippen molar-refractivity contribution in [2.24, 2.45) is 4.99 Å². The number of rotatable bonds is 6. The Hall–Kier alpha value is -2.44. The predicted molar refractivity (Wildman–Crippen MR) is 121 cm³/mol. The molecule has 6 nitrogen and oxygen atoms in total. The molecule has 0 atom stereocenters. The maximum Gasteiger partial charge on any atom is 0.307 e. The summed E-state index contributed by atoms with van der Waals surface area (Å²) in [6.45, 7) is 7.99. The maximum atomic E-state index is 10.8. The molecule has 0 radical (unpaired) electrons. The number of halogens is 2. The lowest BCUT2D eigenvalue weighted by Gasteiger charge is -2.29. The summed E-state index contributed by atoms with van der Waals surface area (Å²) >= 11 is 12.1. The van der Waals surface area contributed by atoms with Gasteiger partial charge in [0.1, 0.15) is 6.08 Å². The van der Waals surface area contributed by atoms with Crippen LogP contribution in [0.1, 0.15) is 39.7 Å². The molecule has 8 heteroatoms. The number of benzene rings is 2. The van der Waals surface area contributed by atoms with E-state index >= 15 is 0 Å². The van der Waals surface area contributed by atoms with Crippen molar-refractivity contribution in [1.82, 2.24) is 0 Å². The van der Waals surface area contributed by atoms with Gasteiger partial charge in [-0.25, -0.2) is 0 Å². The molecule has 0 fully saturated rings. The maximum absolute atomic E-state index is 10.8. The van der Waals surface area contributed by atoms with E-state index in [9.17, 15) is 9.90 Å². The van der Waals surface area contributed by atoms with Crippen LogP contribution in [0.25, 0.3) is 0 Å². The molecule has 30 heavy (non-hydrogen) atoms. The van der Waals surface area contributed by atoms with Crippen molar-refractivity contribution in [1.29, 1.82) is 0 Å². The number of hydrogen-bond donors (Lipinski definition) is 2. The third-order valence-electron chi connectivity index (χ3n) is 3.44. The number of anilines is 2. The first-order valence-electron chi connectivity index (χ1n) is 9.44. The molecule has 2 rings (SSSR count). The Morgan fingerprint density at radius 1 is 1.13 bits per heavy atom. The quantitative estimate of drug-likeness (QED) is 0.457. The molecule has 2 aromatic rings. The van der Waals surface area contributed by atoms with Crippen LogP contribution in [-0.2, 0) is 16.0 Å². The molecule has 0 heterocycles. The van der Waals surface area contributed by atoms with Crippen LogP contribution in [-0.4, -0.2) is 29.3 Å². The molecule has 0 aliphatic carbocycles. The van der Waals surface area contributed by atoms with Gasteiger partial charge in [0, 0.05) is 17.8 Å². The van der Waals surface area contributed by atoms with Crippen molar-refractivity contribution in [2.75, 3.05) is 11.9 Å². The van der Waals surface area contributed by atoms with E-state index in [2.05, 4.69) is 10.3 Å². The number of carboxylic acids is 1. The van der Waals surface area contributed by atoms with Gasteiger partial charge in [-0.05, 0) is 30.2 Å². The molecule has 0 aliphatic heterocycles. The van der Waals surface area contributed by atoms with Gasteiger partial charge in [-0.1, -0.05) is 75.2 Å². The zero-order valence-electron chi connectivity index (χ0n) is 17.5. The van der Waals surface area contributed by atoms with E-state index in [1.165, 1.54) is 0 Å². The lowest BCUT2D eigenvalue weighted by Crippen LogP contribution is -2.32. The van der Waals surface area contributed by atoms with Crippen molar-refractivity contribution in [2.45, 2.75) is 46.1 Å². The van der Waals surface area contributed by atoms with Crippen molar-refractivity contribution in [3.05, 3.63) is 58.1 Å². The Labute approximate surface area is 187 Å². The summed E-state index contributed by atoms with van der Waals surface area (Å²) in [5, 5.41) is 23.8.